The molecule has 1 fully saturated rings. The van der Waals surface area contributed by atoms with Crippen molar-refractivity contribution in [2.45, 2.75) is 19.9 Å². The number of likely N-dealkylation sites (N-methyl/N-ethyl adjacent to an activating group) is 2. The van der Waals surface area contributed by atoms with E-state index in [1.54, 1.807) is 30.0 Å². The summed E-state index contributed by atoms with van der Waals surface area (Å²) in [5, 5.41) is 3.24. The van der Waals surface area contributed by atoms with E-state index in [4.69, 9.17) is 0 Å². The highest BCUT2D eigenvalue weighted by Gasteiger charge is 2.33. The van der Waals surface area contributed by atoms with Crippen molar-refractivity contribution >= 4 is 23.3 Å². The summed E-state index contributed by atoms with van der Waals surface area (Å²) >= 11 is 0. The lowest BCUT2D eigenvalue weighted by molar-refractivity contribution is -0.135. The van der Waals surface area contributed by atoms with Crippen LogP contribution < -0.4 is 5.32 Å². The number of aryl methyl sites for hydroxylation is 2. The molecule has 0 radical (unpaired) electrons. The predicted octanol–water partition coefficient (Wildman–Crippen LogP) is 1.68. The van der Waals surface area contributed by atoms with E-state index >= 15 is 0 Å². The van der Waals surface area contributed by atoms with Gasteiger partial charge in [-0.2, -0.15) is 0 Å². The van der Waals surface area contributed by atoms with E-state index in [0.29, 0.717) is 36.8 Å². The van der Waals surface area contributed by atoms with Gasteiger partial charge >= 0.3 is 0 Å². The van der Waals surface area contributed by atoms with E-state index in [1.807, 2.05) is 50.1 Å². The largest absolute Gasteiger partial charge is 0.347 e. The Bertz CT molecular complexity index is 894. The van der Waals surface area contributed by atoms with Gasteiger partial charge in [-0.15, -0.1) is 0 Å². The Kier molecular flexibility index (Phi) is 6.12. The Balaban J connectivity index is 1.76. The lowest BCUT2D eigenvalue weighted by Crippen LogP contribution is -2.58. The van der Waals surface area contributed by atoms with E-state index < -0.39 is 0 Å². The quantitative estimate of drug-likeness (QED) is 0.847. The SMILES string of the molecule is Cc1cc(Nc2cccc(C(=O)N3CCN(C)C(C(=O)N(C)C)C3)c2)nc(C)n1. The molecule has 1 unspecified atom stereocenters. The summed E-state index contributed by atoms with van der Waals surface area (Å²) in [5.41, 5.74) is 2.24. The van der Waals surface area contributed by atoms with Gasteiger partial charge in [0, 0.05) is 56.7 Å². The highest BCUT2D eigenvalue weighted by atomic mass is 16.2. The Morgan fingerprint density at radius 2 is 1.90 bits per heavy atom. The van der Waals surface area contributed by atoms with Crippen LogP contribution in [0.1, 0.15) is 21.9 Å². The van der Waals surface area contributed by atoms with Crippen molar-refractivity contribution in [1.82, 2.24) is 24.7 Å². The van der Waals surface area contributed by atoms with Crippen LogP contribution in [0.3, 0.4) is 0 Å². The lowest BCUT2D eigenvalue weighted by atomic mass is 10.1. The van der Waals surface area contributed by atoms with Crippen LogP contribution in [0.4, 0.5) is 11.5 Å². The number of amides is 2. The molecule has 0 spiro atoms. The van der Waals surface area contributed by atoms with Crippen molar-refractivity contribution in [3.05, 3.63) is 47.4 Å². The van der Waals surface area contributed by atoms with Gasteiger partial charge in [0.15, 0.2) is 0 Å². The van der Waals surface area contributed by atoms with Crippen molar-refractivity contribution in [1.29, 1.82) is 0 Å². The van der Waals surface area contributed by atoms with E-state index in [2.05, 4.69) is 15.3 Å². The fourth-order valence-corrected chi connectivity index (χ4v) is 3.46. The molecule has 1 aromatic carbocycles. The molecule has 2 aromatic rings. The summed E-state index contributed by atoms with van der Waals surface area (Å²) in [5.74, 6) is 1.31. The third-order valence-corrected chi connectivity index (χ3v) is 5.01. The van der Waals surface area contributed by atoms with Crippen molar-refractivity contribution in [3.8, 4) is 0 Å². The smallest absolute Gasteiger partial charge is 0.254 e. The molecule has 3 rings (SSSR count). The van der Waals surface area contributed by atoms with E-state index in [-0.39, 0.29) is 17.9 Å². The van der Waals surface area contributed by atoms with Gasteiger partial charge in [-0.05, 0) is 39.1 Å². The van der Waals surface area contributed by atoms with Crippen LogP contribution >= 0.6 is 0 Å². The Labute approximate surface area is 171 Å². The molecule has 1 saturated heterocycles. The van der Waals surface area contributed by atoms with E-state index in [1.165, 1.54) is 0 Å². The van der Waals surface area contributed by atoms with Gasteiger partial charge in [-0.25, -0.2) is 9.97 Å². The number of hydrogen-bond acceptors (Lipinski definition) is 6. The number of piperazine rings is 1. The number of nitrogens with one attached hydrogen (secondary N) is 1. The zero-order chi connectivity index (χ0) is 21.1. The zero-order valence-corrected chi connectivity index (χ0v) is 17.6. The van der Waals surface area contributed by atoms with Crippen molar-refractivity contribution in [3.63, 3.8) is 0 Å². The fourth-order valence-electron chi connectivity index (χ4n) is 3.46. The van der Waals surface area contributed by atoms with Crippen molar-refractivity contribution < 1.29 is 9.59 Å². The molecular weight excluding hydrogens is 368 g/mol. The Morgan fingerprint density at radius 1 is 1.14 bits per heavy atom. The third kappa shape index (κ3) is 4.89. The van der Waals surface area contributed by atoms with Crippen LogP contribution in [-0.2, 0) is 4.79 Å². The minimum Gasteiger partial charge on any atom is -0.347 e. The molecule has 154 valence electrons. The predicted molar refractivity (Wildman–Crippen MR) is 112 cm³/mol. The Morgan fingerprint density at radius 3 is 2.59 bits per heavy atom. The summed E-state index contributed by atoms with van der Waals surface area (Å²) < 4.78 is 0. The monoisotopic (exact) mass is 396 g/mol. The summed E-state index contributed by atoms with van der Waals surface area (Å²) in [7, 11) is 5.40. The van der Waals surface area contributed by atoms with Gasteiger partial charge in [0.05, 0.1) is 0 Å². The van der Waals surface area contributed by atoms with Gasteiger partial charge in [0.2, 0.25) is 5.91 Å². The number of rotatable bonds is 4. The highest BCUT2D eigenvalue weighted by molar-refractivity contribution is 5.96. The molecular formula is C21H28N6O2. The number of carbonyl (C=O) groups excluding carboxylic acids is 2. The maximum atomic E-state index is 13.1. The van der Waals surface area contributed by atoms with Crippen molar-refractivity contribution in [2.75, 3.05) is 46.1 Å². The van der Waals surface area contributed by atoms with Crippen LogP contribution in [0, 0.1) is 13.8 Å². The number of carbonyl (C=O) groups is 2. The molecule has 1 N–H and O–H groups in total. The standard InChI is InChI=1S/C21H28N6O2/c1-14-11-19(23-15(2)22-14)24-17-8-6-7-16(12-17)20(28)27-10-9-26(5)18(13-27)21(29)25(3)4/h6-8,11-12,18H,9-10,13H2,1-5H3,(H,22,23,24). The number of anilines is 2. The molecule has 1 atom stereocenters. The average molecular weight is 396 g/mol. The molecule has 8 heteroatoms. The molecule has 2 heterocycles. The number of benzene rings is 1. The minimum absolute atomic E-state index is 0.00918. The van der Waals surface area contributed by atoms with Gasteiger partial charge in [-0.1, -0.05) is 6.07 Å². The first kappa shape index (κ1) is 20.7. The molecule has 2 amide bonds. The maximum absolute atomic E-state index is 13.1. The lowest BCUT2D eigenvalue weighted by Gasteiger charge is -2.39. The minimum atomic E-state index is -0.323. The molecule has 8 nitrogen and oxygen atoms in total. The van der Waals surface area contributed by atoms with Crippen LogP contribution in [-0.4, -0.2) is 83.3 Å². The molecule has 1 aliphatic rings. The summed E-state index contributed by atoms with van der Waals surface area (Å²) in [6, 6.07) is 8.89. The van der Waals surface area contributed by atoms with Crippen LogP contribution in [0.5, 0.6) is 0 Å². The summed E-state index contributed by atoms with van der Waals surface area (Å²) in [6.45, 7) is 5.39. The van der Waals surface area contributed by atoms with E-state index in [0.717, 1.165) is 11.4 Å². The molecule has 1 aliphatic heterocycles. The van der Waals surface area contributed by atoms with Gasteiger partial charge in [-0.3, -0.25) is 14.5 Å². The highest BCUT2D eigenvalue weighted by Crippen LogP contribution is 2.19. The topological polar surface area (TPSA) is 81.7 Å². The second-order valence-corrected chi connectivity index (χ2v) is 7.63. The fraction of sp³-hybridized carbons (Fsp3) is 0.429. The van der Waals surface area contributed by atoms with Crippen LogP contribution in [0.2, 0.25) is 0 Å². The van der Waals surface area contributed by atoms with Gasteiger partial charge < -0.3 is 15.1 Å². The number of hydrogen-bond donors (Lipinski definition) is 1. The second-order valence-electron chi connectivity index (χ2n) is 7.63. The third-order valence-electron chi connectivity index (χ3n) is 5.01. The molecule has 0 bridgehead atoms. The molecule has 29 heavy (non-hydrogen) atoms. The first-order valence-electron chi connectivity index (χ1n) is 9.64. The zero-order valence-electron chi connectivity index (χ0n) is 17.6. The molecule has 1 aromatic heterocycles. The summed E-state index contributed by atoms with van der Waals surface area (Å²) in [6.07, 6.45) is 0. The van der Waals surface area contributed by atoms with E-state index in [9.17, 15) is 9.59 Å². The normalized spacial score (nSPS) is 17.1. The Hall–Kier alpha value is -3.00. The average Bonchev–Trinajstić information content (AvgIpc) is 2.66. The number of nitrogens with zero attached hydrogens (tertiary/aromatic N) is 5. The van der Waals surface area contributed by atoms with Gasteiger partial charge in [0.1, 0.15) is 17.7 Å². The first-order chi connectivity index (χ1) is 13.7. The number of aromatic nitrogens is 2. The van der Waals surface area contributed by atoms with Crippen molar-refractivity contribution in [2.24, 2.45) is 0 Å². The summed E-state index contributed by atoms with van der Waals surface area (Å²) in [4.78, 5) is 39.5. The molecule has 0 aliphatic carbocycles. The van der Waals surface area contributed by atoms with Gasteiger partial charge in [0.25, 0.3) is 5.91 Å². The maximum Gasteiger partial charge on any atom is 0.254 e. The second kappa shape index (κ2) is 8.57. The first-order valence-corrected chi connectivity index (χ1v) is 9.64. The van der Waals surface area contributed by atoms with Crippen LogP contribution in [0.15, 0.2) is 30.3 Å². The molecule has 0 saturated carbocycles. The van der Waals surface area contributed by atoms with Crippen LogP contribution in [0.25, 0.3) is 0 Å².